The van der Waals surface area contributed by atoms with Gasteiger partial charge in [-0.3, -0.25) is 4.79 Å². The van der Waals surface area contributed by atoms with Gasteiger partial charge in [-0.25, -0.2) is 4.98 Å². The second kappa shape index (κ2) is 13.8. The molecule has 1 aliphatic carbocycles. The summed E-state index contributed by atoms with van der Waals surface area (Å²) in [5, 5.41) is 17.9. The minimum absolute atomic E-state index is 0.0324. The first-order chi connectivity index (χ1) is 16.1. The molecule has 1 saturated heterocycles. The van der Waals surface area contributed by atoms with Gasteiger partial charge in [0.15, 0.2) is 0 Å². The van der Waals surface area contributed by atoms with Gasteiger partial charge in [0.2, 0.25) is 5.91 Å². The number of carbonyl (C=O) groups excluding carboxylic acids is 1. The second-order valence-electron chi connectivity index (χ2n) is 10.3. The van der Waals surface area contributed by atoms with Gasteiger partial charge in [-0.1, -0.05) is 32.1 Å². The third kappa shape index (κ3) is 7.74. The summed E-state index contributed by atoms with van der Waals surface area (Å²) in [7, 11) is 3.71. The molecule has 0 aromatic carbocycles. The quantitative estimate of drug-likeness (QED) is 0.405. The van der Waals surface area contributed by atoms with Crippen LogP contribution in [0.5, 0.6) is 0 Å². The number of carbonyl (C=O) groups is 1. The Kier molecular flexibility index (Phi) is 11.1. The van der Waals surface area contributed by atoms with Crippen LogP contribution in [0.2, 0.25) is 0 Å². The molecule has 3 rings (SSSR count). The molecule has 1 aromatic heterocycles. The number of hydrogen-bond acceptors (Lipinski definition) is 6. The number of nitrogens with zero attached hydrogens (tertiary/aromatic N) is 2. The van der Waals surface area contributed by atoms with Crippen molar-refractivity contribution < 1.29 is 14.6 Å². The third-order valence-electron chi connectivity index (χ3n) is 7.76. The summed E-state index contributed by atoms with van der Waals surface area (Å²) in [6.45, 7) is 3.05. The third-order valence-corrected chi connectivity index (χ3v) is 8.70. The molecule has 6 nitrogen and oxygen atoms in total. The second-order valence-corrected chi connectivity index (χ2v) is 11.2. The van der Waals surface area contributed by atoms with Crippen molar-refractivity contribution in [3.63, 3.8) is 0 Å². The number of rotatable bonds is 13. The summed E-state index contributed by atoms with van der Waals surface area (Å²) in [5.41, 5.74) is -0.965. The molecular formula is C26H45N3O3S. The van der Waals surface area contributed by atoms with Gasteiger partial charge in [-0.05, 0) is 64.0 Å². The molecule has 188 valence electrons. The molecule has 1 aliphatic heterocycles. The van der Waals surface area contributed by atoms with Gasteiger partial charge >= 0.3 is 0 Å². The standard InChI is InChI=1S/C26H45N3O3S/c1-27-19-22(17-21-9-4-3-5-10-21)18-24(30)29-14-8-11-23(20-29)26(31,12-6-7-15-32-2)25-28-13-16-33-25/h13,16,21-23,27,31H,3-12,14-15,17-20H2,1-2H3/t22-,23-,26+/m1/s1. The first kappa shape index (κ1) is 26.6. The van der Waals surface area contributed by atoms with Gasteiger partial charge in [-0.15, -0.1) is 11.3 Å². The Bertz CT molecular complexity index is 680. The Morgan fingerprint density at radius 2 is 2.12 bits per heavy atom. The minimum atomic E-state index is -0.965. The number of likely N-dealkylation sites (tertiary alicyclic amines) is 1. The zero-order valence-corrected chi connectivity index (χ0v) is 21.6. The van der Waals surface area contributed by atoms with Crippen molar-refractivity contribution >= 4 is 17.2 Å². The van der Waals surface area contributed by atoms with E-state index in [2.05, 4.69) is 10.3 Å². The van der Waals surface area contributed by atoms with E-state index in [-0.39, 0.29) is 11.8 Å². The lowest BCUT2D eigenvalue weighted by Gasteiger charge is -2.42. The Hall–Kier alpha value is -1.02. The molecule has 2 aliphatic rings. The van der Waals surface area contributed by atoms with Crippen LogP contribution in [0.25, 0.3) is 0 Å². The summed E-state index contributed by atoms with van der Waals surface area (Å²) in [6, 6.07) is 0. The highest BCUT2D eigenvalue weighted by Gasteiger charge is 2.43. The van der Waals surface area contributed by atoms with E-state index in [4.69, 9.17) is 4.74 Å². The van der Waals surface area contributed by atoms with Gasteiger partial charge in [-0.2, -0.15) is 0 Å². The van der Waals surface area contributed by atoms with Crippen molar-refractivity contribution in [3.05, 3.63) is 16.6 Å². The number of hydrogen-bond donors (Lipinski definition) is 2. The van der Waals surface area contributed by atoms with Crippen LogP contribution in [0.4, 0.5) is 0 Å². The van der Waals surface area contributed by atoms with E-state index in [1.165, 1.54) is 43.4 Å². The molecular weight excluding hydrogens is 434 g/mol. The van der Waals surface area contributed by atoms with Crippen molar-refractivity contribution in [1.29, 1.82) is 0 Å². The van der Waals surface area contributed by atoms with Crippen LogP contribution < -0.4 is 5.32 Å². The molecule has 0 bridgehead atoms. The Labute approximate surface area is 204 Å². The number of amides is 1. The Morgan fingerprint density at radius 1 is 1.30 bits per heavy atom. The maximum atomic E-state index is 13.4. The van der Waals surface area contributed by atoms with Gasteiger partial charge < -0.3 is 20.1 Å². The van der Waals surface area contributed by atoms with Crippen molar-refractivity contribution in [2.45, 2.75) is 82.7 Å². The van der Waals surface area contributed by atoms with Crippen LogP contribution in [0.15, 0.2) is 11.6 Å². The first-order valence-corrected chi connectivity index (χ1v) is 14.0. The number of thiazole rings is 1. The lowest BCUT2D eigenvalue weighted by molar-refractivity contribution is -0.138. The molecule has 0 unspecified atom stereocenters. The van der Waals surface area contributed by atoms with E-state index < -0.39 is 5.60 Å². The lowest BCUT2D eigenvalue weighted by atomic mass is 9.78. The van der Waals surface area contributed by atoms with Crippen LogP contribution >= 0.6 is 11.3 Å². The highest BCUT2D eigenvalue weighted by Crippen LogP contribution is 2.41. The predicted molar refractivity (Wildman–Crippen MR) is 134 cm³/mol. The molecule has 2 heterocycles. The maximum absolute atomic E-state index is 13.4. The van der Waals surface area contributed by atoms with E-state index in [1.807, 2.05) is 17.3 Å². The van der Waals surface area contributed by atoms with Crippen LogP contribution in [-0.2, 0) is 15.1 Å². The van der Waals surface area contributed by atoms with Gasteiger partial charge in [0.25, 0.3) is 0 Å². The monoisotopic (exact) mass is 479 g/mol. The average molecular weight is 480 g/mol. The van der Waals surface area contributed by atoms with E-state index in [1.54, 1.807) is 13.3 Å². The molecule has 33 heavy (non-hydrogen) atoms. The fourth-order valence-corrected chi connectivity index (χ4v) is 6.80. The van der Waals surface area contributed by atoms with E-state index in [9.17, 15) is 9.90 Å². The molecule has 1 amide bonds. The minimum Gasteiger partial charge on any atom is -0.385 e. The average Bonchev–Trinajstić information content (AvgIpc) is 3.38. The SMILES string of the molecule is CNC[C@@H](CC(=O)N1CCC[C@@H]([C@@](O)(CCCCOC)c2nccs2)C1)CC1CCCCC1. The predicted octanol–water partition coefficient (Wildman–Crippen LogP) is 4.58. The fourth-order valence-electron chi connectivity index (χ4n) is 5.96. The van der Waals surface area contributed by atoms with Crippen molar-refractivity contribution in [2.75, 3.05) is 40.4 Å². The van der Waals surface area contributed by atoms with Crippen LogP contribution in [-0.4, -0.2) is 61.3 Å². The number of ether oxygens (including phenoxy) is 1. The smallest absolute Gasteiger partial charge is 0.222 e. The summed E-state index contributed by atoms with van der Waals surface area (Å²) >= 11 is 1.53. The number of piperidine rings is 1. The van der Waals surface area contributed by atoms with E-state index >= 15 is 0 Å². The number of unbranched alkanes of at least 4 members (excludes halogenated alkanes) is 1. The zero-order valence-electron chi connectivity index (χ0n) is 20.8. The van der Waals surface area contributed by atoms with Crippen LogP contribution in [0, 0.1) is 17.8 Å². The van der Waals surface area contributed by atoms with Crippen LogP contribution in [0.1, 0.15) is 82.1 Å². The van der Waals surface area contributed by atoms with Gasteiger partial charge in [0, 0.05) is 50.7 Å². The normalized spacial score (nSPS) is 22.8. The number of nitrogens with one attached hydrogen (secondary N) is 1. The molecule has 7 heteroatoms. The van der Waals surface area contributed by atoms with Crippen LogP contribution in [0.3, 0.4) is 0 Å². The Balaban J connectivity index is 1.62. The van der Waals surface area contributed by atoms with E-state index in [0.717, 1.165) is 56.1 Å². The summed E-state index contributed by atoms with van der Waals surface area (Å²) in [4.78, 5) is 19.9. The topological polar surface area (TPSA) is 74.7 Å². The first-order valence-electron chi connectivity index (χ1n) is 13.1. The molecule has 1 saturated carbocycles. The summed E-state index contributed by atoms with van der Waals surface area (Å²) in [6.07, 6.45) is 14.6. The van der Waals surface area contributed by atoms with E-state index in [0.29, 0.717) is 31.9 Å². The molecule has 1 aromatic rings. The number of methoxy groups -OCH3 is 1. The zero-order chi connectivity index (χ0) is 23.5. The number of aliphatic hydroxyl groups is 1. The summed E-state index contributed by atoms with van der Waals surface area (Å²) < 4.78 is 5.20. The van der Waals surface area contributed by atoms with Crippen molar-refractivity contribution in [3.8, 4) is 0 Å². The molecule has 3 atom stereocenters. The summed E-state index contributed by atoms with van der Waals surface area (Å²) in [5.74, 6) is 1.47. The molecule has 2 N–H and O–H groups in total. The van der Waals surface area contributed by atoms with Crippen molar-refractivity contribution in [2.24, 2.45) is 17.8 Å². The van der Waals surface area contributed by atoms with Gasteiger partial charge in [0.1, 0.15) is 10.6 Å². The molecule has 0 spiro atoms. The molecule has 0 radical (unpaired) electrons. The number of aromatic nitrogens is 1. The maximum Gasteiger partial charge on any atom is 0.222 e. The largest absolute Gasteiger partial charge is 0.385 e. The molecule has 2 fully saturated rings. The van der Waals surface area contributed by atoms with Crippen molar-refractivity contribution in [1.82, 2.24) is 15.2 Å². The highest BCUT2D eigenvalue weighted by atomic mass is 32.1. The fraction of sp³-hybridized carbons (Fsp3) is 0.846. The van der Waals surface area contributed by atoms with Gasteiger partial charge in [0.05, 0.1) is 0 Å². The Morgan fingerprint density at radius 3 is 2.82 bits per heavy atom. The lowest BCUT2D eigenvalue weighted by Crippen LogP contribution is -2.48. The highest BCUT2D eigenvalue weighted by molar-refractivity contribution is 7.09.